The van der Waals surface area contributed by atoms with E-state index >= 15 is 0 Å². The SMILES string of the molecule is CN(C)C(=O)c1cccc(-c2ccc3[nH]ccc3c2)n1. The Labute approximate surface area is 117 Å². The van der Waals surface area contributed by atoms with E-state index in [0.717, 1.165) is 22.2 Å². The van der Waals surface area contributed by atoms with Crippen LogP contribution in [0.15, 0.2) is 48.7 Å². The summed E-state index contributed by atoms with van der Waals surface area (Å²) in [5.41, 5.74) is 3.36. The minimum atomic E-state index is -0.0884. The quantitative estimate of drug-likeness (QED) is 0.774. The van der Waals surface area contributed by atoms with E-state index in [1.807, 2.05) is 36.5 Å². The molecule has 0 atom stereocenters. The number of carbonyl (C=O) groups is 1. The summed E-state index contributed by atoms with van der Waals surface area (Å²) in [5, 5.41) is 1.13. The van der Waals surface area contributed by atoms with Gasteiger partial charge in [0.2, 0.25) is 0 Å². The highest BCUT2D eigenvalue weighted by molar-refractivity contribution is 5.92. The van der Waals surface area contributed by atoms with Crippen molar-refractivity contribution in [2.24, 2.45) is 0 Å². The van der Waals surface area contributed by atoms with Gasteiger partial charge in [0.1, 0.15) is 5.69 Å². The number of hydrogen-bond acceptors (Lipinski definition) is 2. The number of aromatic amines is 1. The lowest BCUT2D eigenvalue weighted by Crippen LogP contribution is -2.22. The monoisotopic (exact) mass is 265 g/mol. The number of fused-ring (bicyclic) bond motifs is 1. The van der Waals surface area contributed by atoms with E-state index < -0.39 is 0 Å². The molecule has 0 aliphatic heterocycles. The summed E-state index contributed by atoms with van der Waals surface area (Å²) in [6.45, 7) is 0. The largest absolute Gasteiger partial charge is 0.361 e. The van der Waals surface area contributed by atoms with Crippen LogP contribution in [0.3, 0.4) is 0 Å². The van der Waals surface area contributed by atoms with Gasteiger partial charge in [-0.05, 0) is 30.3 Å². The highest BCUT2D eigenvalue weighted by atomic mass is 16.2. The van der Waals surface area contributed by atoms with Gasteiger partial charge < -0.3 is 9.88 Å². The first-order valence-electron chi connectivity index (χ1n) is 6.41. The van der Waals surface area contributed by atoms with Gasteiger partial charge in [-0.2, -0.15) is 0 Å². The summed E-state index contributed by atoms with van der Waals surface area (Å²) in [4.78, 5) is 21.1. The van der Waals surface area contributed by atoms with E-state index in [-0.39, 0.29) is 5.91 Å². The van der Waals surface area contributed by atoms with Crippen molar-refractivity contribution in [2.45, 2.75) is 0 Å². The number of aromatic nitrogens is 2. The van der Waals surface area contributed by atoms with Crippen molar-refractivity contribution >= 4 is 16.8 Å². The van der Waals surface area contributed by atoms with Crippen LogP contribution in [0, 0.1) is 0 Å². The Kier molecular flexibility index (Phi) is 2.99. The van der Waals surface area contributed by atoms with Gasteiger partial charge >= 0.3 is 0 Å². The number of nitrogens with one attached hydrogen (secondary N) is 1. The average molecular weight is 265 g/mol. The number of hydrogen-bond donors (Lipinski definition) is 1. The van der Waals surface area contributed by atoms with Gasteiger partial charge in [0.15, 0.2) is 0 Å². The summed E-state index contributed by atoms with van der Waals surface area (Å²) in [5.74, 6) is -0.0884. The van der Waals surface area contributed by atoms with Crippen LogP contribution in [-0.4, -0.2) is 34.9 Å². The molecule has 2 aromatic heterocycles. The predicted molar refractivity (Wildman–Crippen MR) is 79.5 cm³/mol. The summed E-state index contributed by atoms with van der Waals surface area (Å²) >= 11 is 0. The fourth-order valence-corrected chi connectivity index (χ4v) is 2.16. The van der Waals surface area contributed by atoms with Gasteiger partial charge in [-0.25, -0.2) is 4.98 Å². The summed E-state index contributed by atoms with van der Waals surface area (Å²) in [7, 11) is 3.45. The van der Waals surface area contributed by atoms with E-state index in [1.54, 1.807) is 20.2 Å². The smallest absolute Gasteiger partial charge is 0.271 e. The van der Waals surface area contributed by atoms with Crippen molar-refractivity contribution in [3.63, 3.8) is 0 Å². The third kappa shape index (κ3) is 2.16. The number of pyridine rings is 1. The third-order valence-corrected chi connectivity index (χ3v) is 3.22. The number of H-pyrrole nitrogens is 1. The van der Waals surface area contributed by atoms with Crippen LogP contribution in [-0.2, 0) is 0 Å². The first-order valence-corrected chi connectivity index (χ1v) is 6.41. The first-order chi connectivity index (χ1) is 9.65. The third-order valence-electron chi connectivity index (χ3n) is 3.22. The van der Waals surface area contributed by atoms with Crippen molar-refractivity contribution in [1.29, 1.82) is 0 Å². The number of nitrogens with zero attached hydrogens (tertiary/aromatic N) is 2. The number of carbonyl (C=O) groups excluding carboxylic acids is 1. The summed E-state index contributed by atoms with van der Waals surface area (Å²) in [6, 6.07) is 13.6. The lowest BCUT2D eigenvalue weighted by molar-refractivity contribution is 0.0822. The second-order valence-corrected chi connectivity index (χ2v) is 4.89. The van der Waals surface area contributed by atoms with Gasteiger partial charge in [-0.15, -0.1) is 0 Å². The molecule has 0 saturated heterocycles. The van der Waals surface area contributed by atoms with Crippen molar-refractivity contribution < 1.29 is 4.79 Å². The molecule has 0 saturated carbocycles. The van der Waals surface area contributed by atoms with Crippen LogP contribution in [0.4, 0.5) is 0 Å². The molecule has 1 aromatic carbocycles. The lowest BCUT2D eigenvalue weighted by atomic mass is 10.1. The highest BCUT2D eigenvalue weighted by Gasteiger charge is 2.10. The second kappa shape index (κ2) is 4.81. The number of benzene rings is 1. The predicted octanol–water partition coefficient (Wildman–Crippen LogP) is 2.93. The second-order valence-electron chi connectivity index (χ2n) is 4.89. The zero-order valence-electron chi connectivity index (χ0n) is 11.4. The van der Waals surface area contributed by atoms with E-state index in [0.29, 0.717) is 5.69 Å². The normalized spacial score (nSPS) is 10.7. The molecule has 0 radical (unpaired) electrons. The maximum Gasteiger partial charge on any atom is 0.271 e. The molecule has 0 aliphatic carbocycles. The average Bonchev–Trinajstić information content (AvgIpc) is 2.93. The van der Waals surface area contributed by atoms with Gasteiger partial charge in [0, 0.05) is 36.8 Å². The Morgan fingerprint density at radius 2 is 2.00 bits per heavy atom. The van der Waals surface area contributed by atoms with Crippen LogP contribution in [0.5, 0.6) is 0 Å². The van der Waals surface area contributed by atoms with Crippen LogP contribution in [0.1, 0.15) is 10.5 Å². The Balaban J connectivity index is 2.05. The minimum Gasteiger partial charge on any atom is -0.361 e. The molecule has 20 heavy (non-hydrogen) atoms. The molecule has 0 spiro atoms. The van der Waals surface area contributed by atoms with Crippen LogP contribution < -0.4 is 0 Å². The van der Waals surface area contributed by atoms with E-state index in [9.17, 15) is 4.79 Å². The summed E-state index contributed by atoms with van der Waals surface area (Å²) in [6.07, 6.45) is 1.91. The van der Waals surface area contributed by atoms with E-state index in [4.69, 9.17) is 0 Å². The first kappa shape index (κ1) is 12.4. The van der Waals surface area contributed by atoms with Gasteiger partial charge in [-0.3, -0.25) is 4.79 Å². The standard InChI is InChI=1S/C16H15N3O/c1-19(2)16(20)15-5-3-4-14(18-15)11-6-7-13-12(10-11)8-9-17-13/h3-10,17H,1-2H3. The van der Waals surface area contributed by atoms with Crippen molar-refractivity contribution in [2.75, 3.05) is 14.1 Å². The van der Waals surface area contributed by atoms with Crippen LogP contribution in [0.2, 0.25) is 0 Å². The lowest BCUT2D eigenvalue weighted by Gasteiger charge is -2.10. The molecule has 0 fully saturated rings. The van der Waals surface area contributed by atoms with Crippen molar-refractivity contribution in [3.8, 4) is 11.3 Å². The molecule has 3 aromatic rings. The highest BCUT2D eigenvalue weighted by Crippen LogP contribution is 2.22. The Morgan fingerprint density at radius 3 is 2.80 bits per heavy atom. The van der Waals surface area contributed by atoms with Crippen molar-refractivity contribution in [3.05, 3.63) is 54.4 Å². The van der Waals surface area contributed by atoms with Gasteiger partial charge in [0.25, 0.3) is 5.91 Å². The zero-order valence-corrected chi connectivity index (χ0v) is 11.4. The molecule has 3 rings (SSSR count). The molecule has 1 amide bonds. The minimum absolute atomic E-state index is 0.0884. The Morgan fingerprint density at radius 1 is 1.15 bits per heavy atom. The van der Waals surface area contributed by atoms with Crippen molar-refractivity contribution in [1.82, 2.24) is 14.9 Å². The summed E-state index contributed by atoms with van der Waals surface area (Å²) < 4.78 is 0. The Bertz CT molecular complexity index is 774. The molecule has 100 valence electrons. The Hall–Kier alpha value is -2.62. The maximum absolute atomic E-state index is 12.0. The molecule has 4 nitrogen and oxygen atoms in total. The molecule has 0 unspecified atom stereocenters. The molecule has 1 N–H and O–H groups in total. The topological polar surface area (TPSA) is 49.0 Å². The molecule has 4 heteroatoms. The maximum atomic E-state index is 12.0. The molecular formula is C16H15N3O. The van der Waals surface area contributed by atoms with Crippen LogP contribution >= 0.6 is 0 Å². The molecule has 0 bridgehead atoms. The molecule has 2 heterocycles. The fourth-order valence-electron chi connectivity index (χ4n) is 2.16. The van der Waals surface area contributed by atoms with E-state index in [1.165, 1.54) is 4.90 Å². The zero-order chi connectivity index (χ0) is 14.1. The number of amides is 1. The molecular weight excluding hydrogens is 250 g/mol. The molecule has 0 aliphatic rings. The van der Waals surface area contributed by atoms with E-state index in [2.05, 4.69) is 16.0 Å². The van der Waals surface area contributed by atoms with Gasteiger partial charge in [-0.1, -0.05) is 12.1 Å². The van der Waals surface area contributed by atoms with Gasteiger partial charge in [0.05, 0.1) is 5.69 Å². The fraction of sp³-hybridized carbons (Fsp3) is 0.125. The number of rotatable bonds is 2. The van der Waals surface area contributed by atoms with Crippen LogP contribution in [0.25, 0.3) is 22.2 Å².